The van der Waals surface area contributed by atoms with E-state index in [4.69, 9.17) is 14.0 Å². The van der Waals surface area contributed by atoms with Gasteiger partial charge < -0.3 is 6.42 Å². The quantitative estimate of drug-likeness (QED) is 0.272. The summed E-state index contributed by atoms with van der Waals surface area (Å²) in [4.78, 5) is 0. The number of hydrogen-bond acceptors (Lipinski definition) is 0. The van der Waals surface area contributed by atoms with E-state index < -0.39 is 0 Å². The second-order valence-electron chi connectivity index (χ2n) is 1.57. The zero-order valence-corrected chi connectivity index (χ0v) is 8.69. The van der Waals surface area contributed by atoms with Gasteiger partial charge >= 0.3 is 52.8 Å². The Morgan fingerprint density at radius 2 is 1.00 bits per heavy atom. The zero-order valence-electron chi connectivity index (χ0n) is 7.51. The molecule has 0 bridgehead atoms. The van der Waals surface area contributed by atoms with Crippen LogP contribution in [0.3, 0.4) is 0 Å². The Balaban J connectivity index is -0.0000000239. The summed E-state index contributed by atoms with van der Waals surface area (Å²) in [6, 6.07) is 0. The maximum absolute atomic E-state index is 7.50. The van der Waals surface area contributed by atoms with Crippen molar-refractivity contribution in [2.75, 3.05) is 0 Å². The third-order valence-electron chi connectivity index (χ3n) is 1.07. The van der Waals surface area contributed by atoms with Gasteiger partial charge in [0.2, 0.25) is 0 Å². The average molecular weight is 215 g/mol. The van der Waals surface area contributed by atoms with Crippen LogP contribution in [-0.2, 0) is 31.0 Å². The minimum Gasteiger partial charge on any atom is -0.328 e. The normalized spacial score (nSPS) is 9.69. The van der Waals surface area contributed by atoms with Crippen LogP contribution in [0.25, 0.3) is 0 Å². The molecule has 0 heterocycles. The fraction of sp³-hybridized carbons (Fsp3) is 0.500. The Bertz CT molecular complexity index is 85.8. The molecule has 0 aromatic rings. The van der Waals surface area contributed by atoms with Gasteiger partial charge in [-0.05, 0) is 0 Å². The molecule has 0 aromatic carbocycles. The smallest absolute Gasteiger partial charge is 0.328 e. The summed E-state index contributed by atoms with van der Waals surface area (Å²) < 4.78 is 22.5. The van der Waals surface area contributed by atoms with Crippen LogP contribution in [0, 0.1) is 26.4 Å². The molecule has 0 N–H and O–H groups in total. The van der Waals surface area contributed by atoms with Crippen LogP contribution in [0.4, 0.5) is 0 Å². The van der Waals surface area contributed by atoms with Gasteiger partial charge in [-0.15, -0.1) is 0 Å². The van der Waals surface area contributed by atoms with Gasteiger partial charge in [0.15, 0.2) is 0 Å². The maximum Gasteiger partial charge on any atom is 1.00 e. The second-order valence-corrected chi connectivity index (χ2v) is 1.57. The minimum atomic E-state index is 0. The Morgan fingerprint density at radius 1 is 0.769 bits per heavy atom. The van der Waals surface area contributed by atoms with E-state index in [0.29, 0.717) is 0 Å². The van der Waals surface area contributed by atoms with Gasteiger partial charge in [0.1, 0.15) is 0 Å². The van der Waals surface area contributed by atoms with Crippen molar-refractivity contribution in [3.8, 4) is 0 Å². The fourth-order valence-corrected chi connectivity index (χ4v) is 0.722. The molecule has 1 saturated carbocycles. The van der Waals surface area contributed by atoms with Crippen molar-refractivity contribution >= 4 is 0 Å². The van der Waals surface area contributed by atoms with E-state index in [9.17, 15) is 0 Å². The van der Waals surface area contributed by atoms with Crippen LogP contribution in [0.1, 0.15) is 25.7 Å². The Kier molecular flexibility index (Phi) is 125. The molecule has 0 aromatic heterocycles. The Hall–Kier alpha value is 0.337. The molecule has 0 atom stereocenters. The summed E-state index contributed by atoms with van der Waals surface area (Å²) >= 11 is 0. The molecule has 1 rings (SSSR count). The molecule has 0 aliphatic heterocycles. The molecule has 3 nitrogen and oxygen atoms in total. The molecule has 0 saturated heterocycles. The van der Waals surface area contributed by atoms with Gasteiger partial charge in [-0.2, -0.15) is 12.8 Å². The molecule has 13 heavy (non-hydrogen) atoms. The van der Waals surface area contributed by atoms with Crippen molar-refractivity contribution in [2.45, 2.75) is 25.7 Å². The van der Waals surface area contributed by atoms with Gasteiger partial charge in [-0.25, -0.2) is 0 Å². The van der Waals surface area contributed by atoms with E-state index in [0.717, 1.165) is 0 Å². The standard InChI is InChI=1S/C5H9.3CO.Li.Mn/c1-2-4-5-3-1;3*1-2;;/h1H,2-5H2;;;;;/q-1;;;;+1;. The van der Waals surface area contributed by atoms with Gasteiger partial charge in [-0.3, -0.25) is 0 Å². The Morgan fingerprint density at radius 3 is 1.08 bits per heavy atom. The van der Waals surface area contributed by atoms with Crippen molar-refractivity contribution in [3.05, 3.63) is 26.4 Å². The van der Waals surface area contributed by atoms with Gasteiger partial charge in [0, 0.05) is 17.1 Å². The molecule has 0 amide bonds. The molecular weight excluding hydrogens is 206 g/mol. The summed E-state index contributed by atoms with van der Waals surface area (Å²) in [7, 11) is 0. The predicted octanol–water partition coefficient (Wildman–Crippen LogP) is -1.35. The Labute approximate surface area is 102 Å². The number of hydrogen-bond donors (Lipinski definition) is 0. The van der Waals surface area contributed by atoms with Gasteiger partial charge in [0.05, 0.1) is 0 Å². The fourth-order valence-electron chi connectivity index (χ4n) is 0.722. The van der Waals surface area contributed by atoms with Crippen LogP contribution in [0.15, 0.2) is 0 Å². The molecule has 5 heteroatoms. The molecule has 0 unspecified atom stereocenters. The minimum absolute atomic E-state index is 0. The first-order valence-corrected chi connectivity index (χ1v) is 2.93. The molecule has 1 aliphatic rings. The summed E-state index contributed by atoms with van der Waals surface area (Å²) in [5, 5.41) is 0. The van der Waals surface area contributed by atoms with E-state index in [2.05, 4.69) is 26.4 Å². The van der Waals surface area contributed by atoms with E-state index in [1.54, 1.807) is 0 Å². The predicted molar refractivity (Wildman–Crippen MR) is 34.6 cm³/mol. The van der Waals surface area contributed by atoms with Crippen molar-refractivity contribution in [2.24, 2.45) is 0 Å². The summed E-state index contributed by atoms with van der Waals surface area (Å²) in [6.07, 6.45) is 8.00. The summed E-state index contributed by atoms with van der Waals surface area (Å²) in [5.74, 6) is 0. The first-order valence-electron chi connectivity index (χ1n) is 2.93. The first-order chi connectivity index (χ1) is 5.50. The summed E-state index contributed by atoms with van der Waals surface area (Å²) in [5.41, 5.74) is 0. The van der Waals surface area contributed by atoms with Crippen molar-refractivity contribution < 1.29 is 49.9 Å². The monoisotopic (exact) mass is 215 g/mol. The van der Waals surface area contributed by atoms with Crippen molar-refractivity contribution in [3.63, 3.8) is 0 Å². The molecule has 1 aliphatic carbocycles. The van der Waals surface area contributed by atoms with E-state index in [1.807, 2.05) is 0 Å². The van der Waals surface area contributed by atoms with Gasteiger partial charge in [-0.1, -0.05) is 12.8 Å². The third-order valence-corrected chi connectivity index (χ3v) is 1.07. The van der Waals surface area contributed by atoms with Crippen LogP contribution in [-0.4, -0.2) is 0 Å². The number of rotatable bonds is 0. The van der Waals surface area contributed by atoms with Gasteiger partial charge in [0.25, 0.3) is 0 Å². The average Bonchev–Trinajstić information content (AvgIpc) is 2.71. The topological polar surface area (TPSA) is 59.7 Å². The summed E-state index contributed by atoms with van der Waals surface area (Å²) in [6.45, 7) is 13.5. The molecule has 1 fully saturated rings. The van der Waals surface area contributed by atoms with Crippen molar-refractivity contribution in [1.82, 2.24) is 0 Å². The third kappa shape index (κ3) is 46.3. The molecule has 67 valence electrons. The molecule has 0 spiro atoms. The second kappa shape index (κ2) is 55.7. The van der Waals surface area contributed by atoms with Crippen LogP contribution >= 0.6 is 0 Å². The van der Waals surface area contributed by atoms with E-state index in [-0.39, 0.29) is 35.9 Å². The molecule has 1 radical (unpaired) electrons. The van der Waals surface area contributed by atoms with Crippen LogP contribution in [0.5, 0.6) is 0 Å². The largest absolute Gasteiger partial charge is 1.00 e. The molecular formula is C8H9LiMnO3. The SMILES string of the molecule is [C-]#[O+].[C-]#[O+].[C-]#[O+].[CH-]1CCCC1.[Li+].[Mn]. The zero-order chi connectivity index (χ0) is 9.54. The van der Waals surface area contributed by atoms with Crippen LogP contribution < -0.4 is 18.9 Å². The van der Waals surface area contributed by atoms with Crippen molar-refractivity contribution in [1.29, 1.82) is 0 Å². The maximum atomic E-state index is 7.50. The van der Waals surface area contributed by atoms with E-state index in [1.165, 1.54) is 25.7 Å². The van der Waals surface area contributed by atoms with E-state index >= 15 is 0 Å². The first kappa shape index (κ1) is 29.2. The van der Waals surface area contributed by atoms with Crippen LogP contribution in [0.2, 0.25) is 0 Å².